The predicted molar refractivity (Wildman–Crippen MR) is 118 cm³/mol. The molecule has 0 spiro atoms. The number of oxazole rings is 1. The summed E-state index contributed by atoms with van der Waals surface area (Å²) in [5.41, 5.74) is 2.60. The van der Waals surface area contributed by atoms with Crippen LogP contribution in [-0.4, -0.2) is 42.1 Å². The Kier molecular flexibility index (Phi) is 6.01. The number of hydrogen-bond acceptors (Lipinski definition) is 6. The molecule has 1 amide bonds. The number of benzene rings is 1. The number of aryl methyl sites for hydroxylation is 1. The molecule has 0 radical (unpaired) electrons. The van der Waals surface area contributed by atoms with E-state index >= 15 is 0 Å². The van der Waals surface area contributed by atoms with Crippen LogP contribution in [0.5, 0.6) is 0 Å². The van der Waals surface area contributed by atoms with Crippen molar-refractivity contribution in [3.63, 3.8) is 0 Å². The molecule has 1 aliphatic rings. The minimum absolute atomic E-state index is 0.0480. The van der Waals surface area contributed by atoms with E-state index in [0.717, 1.165) is 35.3 Å². The van der Waals surface area contributed by atoms with Crippen molar-refractivity contribution in [2.75, 3.05) is 11.3 Å². The fourth-order valence-electron chi connectivity index (χ4n) is 3.88. The van der Waals surface area contributed by atoms with E-state index in [1.807, 2.05) is 19.1 Å². The van der Waals surface area contributed by atoms with Crippen molar-refractivity contribution in [1.29, 1.82) is 0 Å². The van der Waals surface area contributed by atoms with Crippen molar-refractivity contribution in [3.8, 4) is 10.6 Å². The number of carboxylic acid groups (broad SMARTS) is 1. The maximum atomic E-state index is 12.8. The molecule has 10 heteroatoms. The third kappa shape index (κ3) is 4.59. The van der Waals surface area contributed by atoms with Crippen LogP contribution in [-0.2, 0) is 22.9 Å². The van der Waals surface area contributed by atoms with Gasteiger partial charge in [-0.2, -0.15) is 0 Å². The Morgan fingerprint density at radius 1 is 1.32 bits per heavy atom. The molecule has 1 aliphatic carbocycles. The van der Waals surface area contributed by atoms with E-state index in [9.17, 15) is 18.3 Å². The van der Waals surface area contributed by atoms with Gasteiger partial charge in [0.1, 0.15) is 4.21 Å². The van der Waals surface area contributed by atoms with Crippen LogP contribution in [0.3, 0.4) is 0 Å². The lowest BCUT2D eigenvalue weighted by atomic mass is 9.87. The number of hydrogen-bond donors (Lipinski definition) is 2. The van der Waals surface area contributed by atoms with Crippen molar-refractivity contribution in [2.45, 2.75) is 42.9 Å². The molecule has 1 aromatic carbocycles. The average Bonchev–Trinajstić information content (AvgIpc) is 3.43. The van der Waals surface area contributed by atoms with Gasteiger partial charge >= 0.3 is 6.09 Å². The molecule has 1 atom stereocenters. The lowest BCUT2D eigenvalue weighted by Crippen LogP contribution is -2.43. The number of rotatable bonds is 7. The third-order valence-electron chi connectivity index (χ3n) is 5.33. The SMILES string of the molecule is CCCN(C(=O)O)[C@@H]1CCc2cc(NS(=O)(=O)c3ccc(-c4cnco4)s3)ccc2C1. The molecule has 8 nitrogen and oxygen atoms in total. The molecule has 0 saturated carbocycles. The first-order valence-corrected chi connectivity index (χ1v) is 12.3. The standard InChI is InChI=1S/C21H23N3O5S2/c1-2-9-24(21(25)26)17-6-4-14-10-16(5-3-15(14)11-17)23-31(27,28)20-8-7-19(30-20)18-12-22-13-29-18/h3,5,7-8,10,12-13,17,23H,2,4,6,9,11H2,1H3,(H,25,26)/t17-/m1/s1. The quantitative estimate of drug-likeness (QED) is 0.537. The van der Waals surface area contributed by atoms with E-state index < -0.39 is 16.1 Å². The molecule has 0 saturated heterocycles. The summed E-state index contributed by atoms with van der Waals surface area (Å²) in [4.78, 5) is 17.6. The highest BCUT2D eigenvalue weighted by Gasteiger charge is 2.27. The summed E-state index contributed by atoms with van der Waals surface area (Å²) in [6.45, 7) is 2.48. The predicted octanol–water partition coefficient (Wildman–Crippen LogP) is 4.45. The number of amides is 1. The summed E-state index contributed by atoms with van der Waals surface area (Å²) >= 11 is 1.11. The van der Waals surface area contributed by atoms with Crippen LogP contribution in [0.15, 0.2) is 51.5 Å². The lowest BCUT2D eigenvalue weighted by molar-refractivity contribution is 0.119. The summed E-state index contributed by atoms with van der Waals surface area (Å²) in [6, 6.07) is 8.65. The van der Waals surface area contributed by atoms with Crippen LogP contribution in [0.2, 0.25) is 0 Å². The van der Waals surface area contributed by atoms with E-state index in [2.05, 4.69) is 9.71 Å². The van der Waals surface area contributed by atoms with Crippen LogP contribution in [0, 0.1) is 0 Å². The Morgan fingerprint density at radius 2 is 2.16 bits per heavy atom. The summed E-state index contributed by atoms with van der Waals surface area (Å²) in [5, 5.41) is 9.49. The van der Waals surface area contributed by atoms with Crippen LogP contribution in [0.1, 0.15) is 30.9 Å². The Labute approximate surface area is 184 Å². The van der Waals surface area contributed by atoms with Crippen molar-refractivity contribution >= 4 is 33.1 Å². The second-order valence-corrected chi connectivity index (χ2v) is 10.4. The van der Waals surface area contributed by atoms with E-state index in [-0.39, 0.29) is 10.3 Å². The minimum atomic E-state index is -3.73. The van der Waals surface area contributed by atoms with Gasteiger partial charge in [0, 0.05) is 18.3 Å². The van der Waals surface area contributed by atoms with Gasteiger partial charge in [0.05, 0.1) is 11.1 Å². The molecule has 3 aromatic rings. The van der Waals surface area contributed by atoms with Crippen molar-refractivity contribution < 1.29 is 22.7 Å². The lowest BCUT2D eigenvalue weighted by Gasteiger charge is -2.33. The first-order valence-electron chi connectivity index (χ1n) is 10.00. The van der Waals surface area contributed by atoms with Gasteiger partial charge in [0.15, 0.2) is 12.2 Å². The van der Waals surface area contributed by atoms with Gasteiger partial charge in [0.2, 0.25) is 0 Å². The van der Waals surface area contributed by atoms with Gasteiger partial charge in [-0.1, -0.05) is 13.0 Å². The molecule has 0 fully saturated rings. The smallest absolute Gasteiger partial charge is 0.407 e. The van der Waals surface area contributed by atoms with E-state index in [0.29, 0.717) is 35.7 Å². The zero-order valence-electron chi connectivity index (χ0n) is 16.9. The van der Waals surface area contributed by atoms with Gasteiger partial charge < -0.3 is 14.4 Å². The fraction of sp³-hybridized carbons (Fsp3) is 0.333. The Hall–Kier alpha value is -2.85. The van der Waals surface area contributed by atoms with Gasteiger partial charge in [-0.25, -0.2) is 18.2 Å². The molecule has 2 aromatic heterocycles. The molecule has 164 valence electrons. The van der Waals surface area contributed by atoms with Crippen molar-refractivity contribution in [3.05, 3.63) is 54.0 Å². The molecule has 2 heterocycles. The summed E-state index contributed by atoms with van der Waals surface area (Å²) in [7, 11) is -3.73. The van der Waals surface area contributed by atoms with Crippen LogP contribution < -0.4 is 4.72 Å². The Bertz CT molecular complexity index is 1170. The van der Waals surface area contributed by atoms with Gasteiger partial charge in [-0.15, -0.1) is 11.3 Å². The third-order valence-corrected chi connectivity index (χ3v) is 8.31. The molecule has 0 bridgehead atoms. The second kappa shape index (κ2) is 8.72. The highest BCUT2D eigenvalue weighted by atomic mass is 32.2. The van der Waals surface area contributed by atoms with Crippen molar-refractivity contribution in [1.82, 2.24) is 9.88 Å². The first kappa shape index (κ1) is 21.4. The largest absolute Gasteiger partial charge is 0.465 e. The highest BCUT2D eigenvalue weighted by molar-refractivity contribution is 7.94. The Morgan fingerprint density at radius 3 is 2.87 bits per heavy atom. The average molecular weight is 462 g/mol. The van der Waals surface area contributed by atoms with Gasteiger partial charge in [0.25, 0.3) is 10.0 Å². The maximum Gasteiger partial charge on any atom is 0.407 e. The van der Waals surface area contributed by atoms with Gasteiger partial charge in [-0.05, 0) is 61.1 Å². The van der Waals surface area contributed by atoms with E-state index in [1.165, 1.54) is 11.3 Å². The van der Waals surface area contributed by atoms with Crippen LogP contribution >= 0.6 is 11.3 Å². The Balaban J connectivity index is 1.49. The first-order chi connectivity index (χ1) is 14.9. The number of fused-ring (bicyclic) bond motifs is 1. The number of aromatic nitrogens is 1. The number of nitrogens with one attached hydrogen (secondary N) is 1. The zero-order valence-corrected chi connectivity index (χ0v) is 18.6. The monoisotopic (exact) mass is 461 g/mol. The summed E-state index contributed by atoms with van der Waals surface area (Å²) in [6.07, 6.45) is 4.80. The van der Waals surface area contributed by atoms with E-state index in [1.54, 1.807) is 24.4 Å². The number of anilines is 1. The molecule has 31 heavy (non-hydrogen) atoms. The fourth-order valence-corrected chi connectivity index (χ4v) is 6.19. The molecule has 2 N–H and O–H groups in total. The molecule has 0 aliphatic heterocycles. The normalized spacial score (nSPS) is 16.0. The van der Waals surface area contributed by atoms with Crippen LogP contribution in [0.25, 0.3) is 10.6 Å². The van der Waals surface area contributed by atoms with Crippen molar-refractivity contribution in [2.24, 2.45) is 0 Å². The topological polar surface area (TPSA) is 113 Å². The number of nitrogens with zero attached hydrogens (tertiary/aromatic N) is 2. The molecule has 0 unspecified atom stereocenters. The summed E-state index contributed by atoms with van der Waals surface area (Å²) in [5.74, 6) is 0.522. The van der Waals surface area contributed by atoms with E-state index in [4.69, 9.17) is 4.42 Å². The molecule has 4 rings (SSSR count). The number of thiophene rings is 1. The summed E-state index contributed by atoms with van der Waals surface area (Å²) < 4.78 is 33.7. The second-order valence-electron chi connectivity index (χ2n) is 7.45. The van der Waals surface area contributed by atoms with Crippen LogP contribution in [0.4, 0.5) is 10.5 Å². The minimum Gasteiger partial charge on any atom is -0.465 e. The number of sulfonamides is 1. The molecular formula is C21H23N3O5S2. The zero-order chi connectivity index (χ0) is 22.0. The van der Waals surface area contributed by atoms with Gasteiger partial charge in [-0.3, -0.25) is 4.72 Å². The molecular weight excluding hydrogens is 438 g/mol. The highest BCUT2D eigenvalue weighted by Crippen LogP contribution is 2.32. The maximum absolute atomic E-state index is 12.8. The number of carbonyl (C=O) groups is 1.